The number of nitrogens with two attached hydrogens (primary N) is 1. The van der Waals surface area contributed by atoms with E-state index in [9.17, 15) is 0 Å². The molecule has 1 aromatic rings. The zero-order valence-corrected chi connectivity index (χ0v) is 12.7. The topological polar surface area (TPSA) is 61.9 Å². The van der Waals surface area contributed by atoms with Crippen LogP contribution in [0.15, 0.2) is 23.4 Å². The minimum atomic E-state index is 0.187. The summed E-state index contributed by atoms with van der Waals surface area (Å²) in [6.45, 7) is 8.79. The maximum atomic E-state index is 8.99. The lowest BCUT2D eigenvalue weighted by Gasteiger charge is -2.28. The smallest absolute Gasteiger partial charge is 0.172 e. The number of oxime groups is 1. The number of para-hydroxylation sites is 1. The fourth-order valence-electron chi connectivity index (χ4n) is 2.99. The molecule has 3 N–H and O–H groups in total. The van der Waals surface area contributed by atoms with Crippen LogP contribution in [-0.2, 0) is 0 Å². The van der Waals surface area contributed by atoms with Crippen molar-refractivity contribution < 1.29 is 5.21 Å². The number of hydrogen-bond acceptors (Lipinski definition) is 3. The molecule has 0 aromatic heterocycles. The van der Waals surface area contributed by atoms with Crippen LogP contribution in [0.4, 0.5) is 5.69 Å². The van der Waals surface area contributed by atoms with Gasteiger partial charge in [-0.25, -0.2) is 0 Å². The maximum Gasteiger partial charge on any atom is 0.172 e. The van der Waals surface area contributed by atoms with Gasteiger partial charge in [0.05, 0.1) is 5.69 Å². The molecular weight excluding hydrogens is 250 g/mol. The van der Waals surface area contributed by atoms with Gasteiger partial charge in [-0.3, -0.25) is 0 Å². The summed E-state index contributed by atoms with van der Waals surface area (Å²) in [5.74, 6) is 0.187. The Labute approximate surface area is 121 Å². The Kier molecular flexibility index (Phi) is 4.21. The van der Waals surface area contributed by atoms with Gasteiger partial charge in [0.2, 0.25) is 0 Å². The van der Waals surface area contributed by atoms with Crippen molar-refractivity contribution in [2.45, 2.75) is 40.0 Å². The van der Waals surface area contributed by atoms with Gasteiger partial charge >= 0.3 is 0 Å². The van der Waals surface area contributed by atoms with Gasteiger partial charge in [-0.2, -0.15) is 0 Å². The molecule has 110 valence electrons. The molecule has 0 amide bonds. The number of hydrogen-bond donors (Lipinski definition) is 2. The number of anilines is 1. The van der Waals surface area contributed by atoms with Crippen LogP contribution in [0.1, 0.15) is 44.2 Å². The van der Waals surface area contributed by atoms with E-state index in [0.29, 0.717) is 5.41 Å². The van der Waals surface area contributed by atoms with Gasteiger partial charge < -0.3 is 15.8 Å². The second-order valence-electron chi connectivity index (χ2n) is 6.46. The van der Waals surface area contributed by atoms with Crippen molar-refractivity contribution in [1.29, 1.82) is 0 Å². The van der Waals surface area contributed by atoms with E-state index in [1.807, 2.05) is 12.1 Å². The highest BCUT2D eigenvalue weighted by Gasteiger charge is 2.25. The second kappa shape index (κ2) is 5.73. The third-order valence-electron chi connectivity index (χ3n) is 4.28. The molecule has 1 saturated heterocycles. The van der Waals surface area contributed by atoms with Crippen molar-refractivity contribution >= 4 is 11.5 Å². The summed E-state index contributed by atoms with van der Waals surface area (Å²) in [4.78, 5) is 2.39. The monoisotopic (exact) mass is 275 g/mol. The minimum Gasteiger partial charge on any atom is -0.409 e. The van der Waals surface area contributed by atoms with E-state index >= 15 is 0 Å². The number of benzene rings is 1. The summed E-state index contributed by atoms with van der Waals surface area (Å²) in [5, 5.41) is 12.2. The Morgan fingerprint density at radius 1 is 1.30 bits per heavy atom. The first kappa shape index (κ1) is 14.7. The third-order valence-corrected chi connectivity index (χ3v) is 4.28. The lowest BCUT2D eigenvalue weighted by atomic mass is 9.85. The predicted octanol–water partition coefficient (Wildman–Crippen LogP) is 3.11. The van der Waals surface area contributed by atoms with Crippen LogP contribution in [-0.4, -0.2) is 24.1 Å². The van der Waals surface area contributed by atoms with E-state index < -0.39 is 0 Å². The highest BCUT2D eigenvalue weighted by atomic mass is 16.4. The van der Waals surface area contributed by atoms with Crippen LogP contribution >= 0.6 is 0 Å². The van der Waals surface area contributed by atoms with E-state index in [0.717, 1.165) is 30.8 Å². The molecule has 0 aliphatic carbocycles. The average Bonchev–Trinajstić information content (AvgIpc) is 2.58. The fourth-order valence-corrected chi connectivity index (χ4v) is 2.99. The standard InChI is InChI=1S/C16H25N3O/c1-12-6-4-7-13(15(17)18-20)14(12)19-10-5-8-16(2,3)9-11-19/h4,6-7,20H,5,8-11H2,1-3H3,(H2,17,18). The van der Waals surface area contributed by atoms with Crippen molar-refractivity contribution in [3.8, 4) is 0 Å². The Hall–Kier alpha value is -1.71. The molecule has 0 radical (unpaired) electrons. The first-order valence-electron chi connectivity index (χ1n) is 7.27. The van der Waals surface area contributed by atoms with Crippen LogP contribution in [0.3, 0.4) is 0 Å². The van der Waals surface area contributed by atoms with Gasteiger partial charge in [0.1, 0.15) is 0 Å². The normalized spacial score (nSPS) is 19.8. The quantitative estimate of drug-likeness (QED) is 0.377. The largest absolute Gasteiger partial charge is 0.409 e. The van der Waals surface area contributed by atoms with E-state index in [2.05, 4.69) is 36.9 Å². The van der Waals surface area contributed by atoms with Crippen LogP contribution in [0, 0.1) is 12.3 Å². The van der Waals surface area contributed by atoms with Crippen LogP contribution < -0.4 is 10.6 Å². The van der Waals surface area contributed by atoms with Gasteiger partial charge in [-0.1, -0.05) is 31.1 Å². The molecule has 1 fully saturated rings. The molecule has 0 saturated carbocycles. The van der Waals surface area contributed by atoms with Gasteiger partial charge in [0, 0.05) is 18.7 Å². The first-order valence-corrected chi connectivity index (χ1v) is 7.27. The van der Waals surface area contributed by atoms with Crippen molar-refractivity contribution in [1.82, 2.24) is 0 Å². The molecule has 4 nitrogen and oxygen atoms in total. The summed E-state index contributed by atoms with van der Waals surface area (Å²) in [7, 11) is 0. The molecule has 0 bridgehead atoms. The Morgan fingerprint density at radius 3 is 2.75 bits per heavy atom. The van der Waals surface area contributed by atoms with Crippen molar-refractivity contribution in [3.63, 3.8) is 0 Å². The van der Waals surface area contributed by atoms with Gasteiger partial charge in [-0.05, 0) is 43.2 Å². The van der Waals surface area contributed by atoms with E-state index in [4.69, 9.17) is 10.9 Å². The van der Waals surface area contributed by atoms with E-state index in [1.165, 1.54) is 18.4 Å². The van der Waals surface area contributed by atoms with Gasteiger partial charge in [0.15, 0.2) is 5.84 Å². The Bertz CT molecular complexity index is 508. The molecular formula is C16H25N3O. The first-order chi connectivity index (χ1) is 9.44. The summed E-state index contributed by atoms with van der Waals surface area (Å²) < 4.78 is 0. The number of nitrogens with zero attached hydrogens (tertiary/aromatic N) is 2. The third kappa shape index (κ3) is 3.06. The molecule has 20 heavy (non-hydrogen) atoms. The van der Waals surface area contributed by atoms with Crippen LogP contribution in [0.2, 0.25) is 0 Å². The van der Waals surface area contributed by atoms with Crippen LogP contribution in [0.5, 0.6) is 0 Å². The Morgan fingerprint density at radius 2 is 2.05 bits per heavy atom. The molecule has 1 aliphatic heterocycles. The zero-order chi connectivity index (χ0) is 14.8. The molecule has 4 heteroatoms. The average molecular weight is 275 g/mol. The summed E-state index contributed by atoms with van der Waals surface area (Å²) in [5.41, 5.74) is 9.35. The van der Waals surface area contributed by atoms with Gasteiger partial charge in [-0.15, -0.1) is 0 Å². The predicted molar refractivity (Wildman–Crippen MR) is 83.5 cm³/mol. The van der Waals surface area contributed by atoms with Crippen LogP contribution in [0.25, 0.3) is 0 Å². The van der Waals surface area contributed by atoms with E-state index in [1.54, 1.807) is 0 Å². The number of amidine groups is 1. The number of rotatable bonds is 2. The highest BCUT2D eigenvalue weighted by Crippen LogP contribution is 2.34. The molecule has 0 unspecified atom stereocenters. The summed E-state index contributed by atoms with van der Waals surface area (Å²) in [6, 6.07) is 5.96. The molecule has 1 heterocycles. The van der Waals surface area contributed by atoms with Crippen molar-refractivity contribution in [2.75, 3.05) is 18.0 Å². The molecule has 0 spiro atoms. The summed E-state index contributed by atoms with van der Waals surface area (Å²) in [6.07, 6.45) is 3.59. The fraction of sp³-hybridized carbons (Fsp3) is 0.562. The SMILES string of the molecule is Cc1cccc(/C(N)=N/O)c1N1CCCC(C)(C)CC1. The maximum absolute atomic E-state index is 8.99. The zero-order valence-electron chi connectivity index (χ0n) is 12.7. The van der Waals surface area contributed by atoms with Crippen molar-refractivity contribution in [2.24, 2.45) is 16.3 Å². The molecule has 0 atom stereocenters. The second-order valence-corrected chi connectivity index (χ2v) is 6.46. The lowest BCUT2D eigenvalue weighted by Crippen LogP contribution is -2.29. The van der Waals surface area contributed by atoms with Gasteiger partial charge in [0.25, 0.3) is 0 Å². The Balaban J connectivity index is 2.37. The minimum absolute atomic E-state index is 0.187. The molecule has 2 rings (SSSR count). The molecule has 1 aliphatic rings. The van der Waals surface area contributed by atoms with Crippen molar-refractivity contribution in [3.05, 3.63) is 29.3 Å². The lowest BCUT2D eigenvalue weighted by molar-refractivity contribution is 0.318. The van der Waals surface area contributed by atoms with E-state index in [-0.39, 0.29) is 5.84 Å². The summed E-state index contributed by atoms with van der Waals surface area (Å²) >= 11 is 0. The number of aryl methyl sites for hydroxylation is 1. The highest BCUT2D eigenvalue weighted by molar-refractivity contribution is 6.02. The molecule has 1 aromatic carbocycles.